The average Bonchev–Trinajstić information content (AvgIpc) is 2.84. The highest BCUT2D eigenvalue weighted by molar-refractivity contribution is 5.30. The Kier molecular flexibility index (Phi) is 7.89. The van der Waals surface area contributed by atoms with Crippen LogP contribution in [0.1, 0.15) is 47.6 Å². The molecule has 3 heteroatoms. The lowest BCUT2D eigenvalue weighted by atomic mass is 10.0. The first kappa shape index (κ1) is 21.8. The van der Waals surface area contributed by atoms with Gasteiger partial charge in [-0.3, -0.25) is 4.90 Å². The number of ether oxygens (including phenoxy) is 1. The summed E-state index contributed by atoms with van der Waals surface area (Å²) in [5.41, 5.74) is 5.17. The first-order valence-electron chi connectivity index (χ1n) is 11.6. The highest BCUT2D eigenvalue weighted by Gasteiger charge is 2.27. The third-order valence-corrected chi connectivity index (χ3v) is 6.14. The maximum Gasteiger partial charge on any atom is 0.111 e. The van der Waals surface area contributed by atoms with Gasteiger partial charge in [0.15, 0.2) is 0 Å². The summed E-state index contributed by atoms with van der Waals surface area (Å²) in [6.07, 6.45) is 4.76. The van der Waals surface area contributed by atoms with Gasteiger partial charge in [-0.05, 0) is 55.0 Å². The highest BCUT2D eigenvalue weighted by Crippen LogP contribution is 2.31. The predicted molar refractivity (Wildman–Crippen MR) is 128 cm³/mol. The smallest absolute Gasteiger partial charge is 0.111 e. The summed E-state index contributed by atoms with van der Waals surface area (Å²) >= 11 is 0. The van der Waals surface area contributed by atoms with Crippen LogP contribution >= 0.6 is 0 Å². The van der Waals surface area contributed by atoms with Crippen molar-refractivity contribution in [3.05, 3.63) is 107 Å². The summed E-state index contributed by atoms with van der Waals surface area (Å²) in [5.74, 6) is 0. The molecule has 0 radical (unpaired) electrons. The molecule has 3 aromatic carbocycles. The molecular formula is C28H34N2O. The third kappa shape index (κ3) is 6.04. The Morgan fingerprint density at radius 1 is 0.839 bits per heavy atom. The maximum absolute atomic E-state index is 6.83. The van der Waals surface area contributed by atoms with Gasteiger partial charge in [0.25, 0.3) is 0 Å². The van der Waals surface area contributed by atoms with Gasteiger partial charge < -0.3 is 10.1 Å². The zero-order valence-electron chi connectivity index (χ0n) is 18.5. The summed E-state index contributed by atoms with van der Waals surface area (Å²) < 4.78 is 6.83. The van der Waals surface area contributed by atoms with Gasteiger partial charge in [0, 0.05) is 19.6 Å². The number of benzene rings is 3. The van der Waals surface area contributed by atoms with E-state index in [1.807, 2.05) is 7.05 Å². The van der Waals surface area contributed by atoms with Crippen LogP contribution in [0.15, 0.2) is 84.9 Å². The lowest BCUT2D eigenvalue weighted by Gasteiger charge is -2.38. The van der Waals surface area contributed by atoms with Gasteiger partial charge in [-0.2, -0.15) is 0 Å². The molecule has 1 aliphatic rings. The lowest BCUT2D eigenvalue weighted by Crippen LogP contribution is -2.43. The molecule has 1 aliphatic heterocycles. The Labute approximate surface area is 187 Å². The van der Waals surface area contributed by atoms with Gasteiger partial charge in [0.2, 0.25) is 0 Å². The standard InChI is InChI=1S/C28H34N2O/c1-29-22-24-17-15-23(16-18-24)19-21-30-20-9-8-14-27(30)31-28(25-10-4-2-5-11-25)26-12-6-3-7-13-26/h2-7,10-13,15-18,27-29H,8-9,14,19-22H2,1H3/t27-/m1/s1. The van der Waals surface area contributed by atoms with Crippen LogP contribution in [0.2, 0.25) is 0 Å². The second kappa shape index (κ2) is 11.2. The van der Waals surface area contributed by atoms with Crippen LogP contribution in [-0.4, -0.2) is 31.3 Å². The van der Waals surface area contributed by atoms with E-state index in [9.17, 15) is 0 Å². The number of hydrogen-bond donors (Lipinski definition) is 1. The van der Waals surface area contributed by atoms with Gasteiger partial charge in [-0.25, -0.2) is 0 Å². The molecule has 0 amide bonds. The molecule has 162 valence electrons. The average molecular weight is 415 g/mol. The molecule has 1 saturated heterocycles. The Morgan fingerprint density at radius 2 is 1.45 bits per heavy atom. The van der Waals surface area contributed by atoms with E-state index in [0.29, 0.717) is 0 Å². The van der Waals surface area contributed by atoms with Crippen molar-refractivity contribution in [1.82, 2.24) is 10.2 Å². The van der Waals surface area contributed by atoms with Gasteiger partial charge >= 0.3 is 0 Å². The summed E-state index contributed by atoms with van der Waals surface area (Å²) in [4.78, 5) is 2.55. The normalized spacial score (nSPS) is 17.2. The van der Waals surface area contributed by atoms with Gasteiger partial charge in [0.1, 0.15) is 12.3 Å². The number of piperidine rings is 1. The van der Waals surface area contributed by atoms with Crippen LogP contribution in [0.4, 0.5) is 0 Å². The van der Waals surface area contributed by atoms with E-state index >= 15 is 0 Å². The second-order valence-corrected chi connectivity index (χ2v) is 8.42. The lowest BCUT2D eigenvalue weighted by molar-refractivity contribution is -0.105. The minimum absolute atomic E-state index is 0.0335. The van der Waals surface area contributed by atoms with Crippen LogP contribution in [-0.2, 0) is 17.7 Å². The van der Waals surface area contributed by atoms with E-state index in [1.165, 1.54) is 35.1 Å². The molecular weight excluding hydrogens is 380 g/mol. The highest BCUT2D eigenvalue weighted by atomic mass is 16.5. The van der Waals surface area contributed by atoms with E-state index in [2.05, 4.69) is 95.1 Å². The van der Waals surface area contributed by atoms with Crippen molar-refractivity contribution < 1.29 is 4.74 Å². The quantitative estimate of drug-likeness (QED) is 0.496. The van der Waals surface area contributed by atoms with E-state index in [-0.39, 0.29) is 12.3 Å². The molecule has 0 aromatic heterocycles. The molecule has 1 heterocycles. The van der Waals surface area contributed by atoms with Gasteiger partial charge in [0.05, 0.1) is 0 Å². The number of likely N-dealkylation sites (tertiary alicyclic amines) is 1. The monoisotopic (exact) mass is 414 g/mol. The molecule has 31 heavy (non-hydrogen) atoms. The van der Waals surface area contributed by atoms with E-state index in [1.54, 1.807) is 0 Å². The molecule has 4 rings (SSSR count). The molecule has 0 spiro atoms. The van der Waals surface area contributed by atoms with E-state index < -0.39 is 0 Å². The number of hydrogen-bond acceptors (Lipinski definition) is 3. The van der Waals surface area contributed by atoms with Crippen LogP contribution in [0, 0.1) is 0 Å². The SMILES string of the molecule is CNCc1ccc(CCN2CCCC[C@H]2OC(c2ccccc2)c2ccccc2)cc1. The summed E-state index contributed by atoms with van der Waals surface area (Å²) in [7, 11) is 1.99. The summed E-state index contributed by atoms with van der Waals surface area (Å²) in [5, 5.41) is 3.21. The molecule has 1 atom stereocenters. The first-order valence-corrected chi connectivity index (χ1v) is 11.6. The van der Waals surface area contributed by atoms with Crippen molar-refractivity contribution in [3.8, 4) is 0 Å². The summed E-state index contributed by atoms with van der Waals surface area (Å²) in [6.45, 7) is 3.06. The molecule has 0 unspecified atom stereocenters. The Hall–Kier alpha value is -2.46. The Morgan fingerprint density at radius 3 is 2.06 bits per heavy atom. The molecule has 0 saturated carbocycles. The number of nitrogens with zero attached hydrogens (tertiary/aromatic N) is 1. The fraction of sp³-hybridized carbons (Fsp3) is 0.357. The van der Waals surface area contributed by atoms with Crippen LogP contribution in [0.3, 0.4) is 0 Å². The molecule has 3 nitrogen and oxygen atoms in total. The van der Waals surface area contributed by atoms with Crippen molar-refractivity contribution >= 4 is 0 Å². The molecule has 0 aliphatic carbocycles. The van der Waals surface area contributed by atoms with Gasteiger partial charge in [-0.1, -0.05) is 84.9 Å². The van der Waals surface area contributed by atoms with Crippen molar-refractivity contribution in [1.29, 1.82) is 0 Å². The Bertz CT molecular complexity index is 856. The molecule has 3 aromatic rings. The molecule has 1 fully saturated rings. The van der Waals surface area contributed by atoms with E-state index in [4.69, 9.17) is 4.74 Å². The largest absolute Gasteiger partial charge is 0.350 e. The molecule has 0 bridgehead atoms. The number of rotatable bonds is 9. The number of nitrogens with one attached hydrogen (secondary N) is 1. The van der Waals surface area contributed by atoms with Crippen molar-refractivity contribution in [2.75, 3.05) is 20.1 Å². The van der Waals surface area contributed by atoms with Crippen molar-refractivity contribution in [2.45, 2.75) is 44.6 Å². The zero-order chi connectivity index (χ0) is 21.3. The predicted octanol–water partition coefficient (Wildman–Crippen LogP) is 5.57. The van der Waals surface area contributed by atoms with Crippen LogP contribution < -0.4 is 5.32 Å². The fourth-order valence-electron chi connectivity index (χ4n) is 4.43. The fourth-order valence-corrected chi connectivity index (χ4v) is 4.43. The van der Waals surface area contributed by atoms with Gasteiger partial charge in [-0.15, -0.1) is 0 Å². The topological polar surface area (TPSA) is 24.5 Å². The van der Waals surface area contributed by atoms with Crippen molar-refractivity contribution in [2.24, 2.45) is 0 Å². The summed E-state index contributed by atoms with van der Waals surface area (Å²) in [6, 6.07) is 30.3. The van der Waals surface area contributed by atoms with E-state index in [0.717, 1.165) is 32.5 Å². The maximum atomic E-state index is 6.83. The minimum atomic E-state index is -0.0335. The van der Waals surface area contributed by atoms with Crippen LogP contribution in [0.25, 0.3) is 0 Å². The van der Waals surface area contributed by atoms with Crippen molar-refractivity contribution in [3.63, 3.8) is 0 Å². The Balaban J connectivity index is 1.45. The molecule has 1 N–H and O–H groups in total. The van der Waals surface area contributed by atoms with Crippen LogP contribution in [0.5, 0.6) is 0 Å². The minimum Gasteiger partial charge on any atom is -0.350 e. The third-order valence-electron chi connectivity index (χ3n) is 6.14. The second-order valence-electron chi connectivity index (χ2n) is 8.42. The first-order chi connectivity index (χ1) is 15.3. The zero-order valence-corrected chi connectivity index (χ0v) is 18.5.